The van der Waals surface area contributed by atoms with E-state index in [2.05, 4.69) is 38.1 Å². The molecule has 0 fully saturated rings. The average molecular weight is 230 g/mol. The fourth-order valence-corrected chi connectivity index (χ4v) is 1.96. The van der Waals surface area contributed by atoms with Gasteiger partial charge in [0, 0.05) is 6.42 Å². The number of hydrogen-bond acceptors (Lipinski definition) is 1. The van der Waals surface area contributed by atoms with Crippen molar-refractivity contribution in [3.8, 4) is 0 Å². The smallest absolute Gasteiger partial charge is 0.156 e. The summed E-state index contributed by atoms with van der Waals surface area (Å²) in [6.45, 7) is 8.15. The first kappa shape index (κ1) is 13.7. The number of carbonyl (C=O) groups is 1. The van der Waals surface area contributed by atoms with E-state index in [1.165, 1.54) is 11.1 Å². The molecule has 0 bridgehead atoms. The Hall–Kier alpha value is -1.37. The molecule has 0 aliphatic carbocycles. The van der Waals surface area contributed by atoms with Crippen LogP contribution in [-0.2, 0) is 4.79 Å². The maximum atomic E-state index is 11.8. The molecule has 0 spiro atoms. The Morgan fingerprint density at radius 3 is 2.29 bits per heavy atom. The van der Waals surface area contributed by atoms with E-state index in [0.717, 1.165) is 12.0 Å². The van der Waals surface area contributed by atoms with Crippen LogP contribution < -0.4 is 0 Å². The SMILES string of the molecule is CCC(CC(=O)C=C(C)C)c1ccc(C)cc1. The first-order valence-corrected chi connectivity index (χ1v) is 6.27. The quantitative estimate of drug-likeness (QED) is 0.685. The summed E-state index contributed by atoms with van der Waals surface area (Å²) >= 11 is 0. The molecule has 0 radical (unpaired) electrons. The molecule has 17 heavy (non-hydrogen) atoms. The standard InChI is InChI=1S/C16H22O/c1-5-14(11-16(17)10-12(2)3)15-8-6-13(4)7-9-15/h6-10,14H,5,11H2,1-4H3. The number of ketones is 1. The van der Waals surface area contributed by atoms with Gasteiger partial charge in [0.25, 0.3) is 0 Å². The van der Waals surface area contributed by atoms with Gasteiger partial charge in [-0.25, -0.2) is 0 Å². The minimum atomic E-state index is 0.234. The van der Waals surface area contributed by atoms with E-state index in [9.17, 15) is 4.79 Å². The lowest BCUT2D eigenvalue weighted by Crippen LogP contribution is -2.04. The Kier molecular flexibility index (Phi) is 5.14. The van der Waals surface area contributed by atoms with Crippen molar-refractivity contribution < 1.29 is 4.79 Å². The van der Waals surface area contributed by atoms with Crippen molar-refractivity contribution in [3.05, 3.63) is 47.0 Å². The molecule has 0 aliphatic rings. The van der Waals surface area contributed by atoms with Crippen LogP contribution in [0.15, 0.2) is 35.9 Å². The Balaban J connectivity index is 2.75. The summed E-state index contributed by atoms with van der Waals surface area (Å²) in [5, 5.41) is 0. The lowest BCUT2D eigenvalue weighted by atomic mass is 9.90. The number of allylic oxidation sites excluding steroid dienone is 2. The van der Waals surface area contributed by atoms with Gasteiger partial charge in [-0.05, 0) is 44.7 Å². The topological polar surface area (TPSA) is 17.1 Å². The van der Waals surface area contributed by atoms with Gasteiger partial charge in [-0.3, -0.25) is 4.79 Å². The van der Waals surface area contributed by atoms with Crippen LogP contribution in [0.5, 0.6) is 0 Å². The van der Waals surface area contributed by atoms with Gasteiger partial charge in [0.1, 0.15) is 0 Å². The summed E-state index contributed by atoms with van der Waals surface area (Å²) in [6.07, 6.45) is 3.37. The van der Waals surface area contributed by atoms with Crippen molar-refractivity contribution in [2.75, 3.05) is 0 Å². The van der Waals surface area contributed by atoms with Gasteiger partial charge in [0.05, 0.1) is 0 Å². The number of rotatable bonds is 5. The van der Waals surface area contributed by atoms with Gasteiger partial charge in [-0.15, -0.1) is 0 Å². The number of aryl methyl sites for hydroxylation is 1. The van der Waals surface area contributed by atoms with Crippen molar-refractivity contribution in [2.45, 2.75) is 46.5 Å². The molecule has 0 aromatic heterocycles. The van der Waals surface area contributed by atoms with Crippen LogP contribution in [0.3, 0.4) is 0 Å². The molecular formula is C16H22O. The lowest BCUT2D eigenvalue weighted by Gasteiger charge is -2.14. The molecule has 1 heteroatoms. The van der Waals surface area contributed by atoms with Crippen molar-refractivity contribution in [2.24, 2.45) is 0 Å². The van der Waals surface area contributed by atoms with Crippen LogP contribution in [0.4, 0.5) is 0 Å². The van der Waals surface area contributed by atoms with Gasteiger partial charge in [-0.2, -0.15) is 0 Å². The minimum Gasteiger partial charge on any atom is -0.295 e. The second-order valence-electron chi connectivity index (χ2n) is 4.91. The molecule has 1 atom stereocenters. The summed E-state index contributed by atoms with van der Waals surface area (Å²) in [6, 6.07) is 8.51. The van der Waals surface area contributed by atoms with Crippen molar-refractivity contribution >= 4 is 5.78 Å². The molecule has 1 nitrogen and oxygen atoms in total. The molecule has 1 aromatic carbocycles. The van der Waals surface area contributed by atoms with E-state index in [-0.39, 0.29) is 5.78 Å². The van der Waals surface area contributed by atoms with Gasteiger partial charge >= 0.3 is 0 Å². The molecule has 0 saturated heterocycles. The third-order valence-electron chi connectivity index (χ3n) is 2.94. The molecule has 0 heterocycles. The normalized spacial score (nSPS) is 12.0. The van der Waals surface area contributed by atoms with Crippen LogP contribution in [-0.4, -0.2) is 5.78 Å². The number of benzene rings is 1. The molecule has 0 saturated carbocycles. The molecule has 1 rings (SSSR count). The maximum absolute atomic E-state index is 11.8. The first-order chi connectivity index (χ1) is 8.02. The second-order valence-corrected chi connectivity index (χ2v) is 4.91. The van der Waals surface area contributed by atoms with Crippen LogP contribution in [0.2, 0.25) is 0 Å². The molecule has 0 N–H and O–H groups in total. The zero-order valence-electron chi connectivity index (χ0n) is 11.3. The van der Waals surface area contributed by atoms with E-state index < -0.39 is 0 Å². The zero-order valence-corrected chi connectivity index (χ0v) is 11.3. The van der Waals surface area contributed by atoms with E-state index in [1.807, 2.05) is 13.8 Å². The molecule has 1 unspecified atom stereocenters. The number of hydrogen-bond donors (Lipinski definition) is 0. The predicted octanol–water partition coefficient (Wildman–Crippen LogP) is 4.41. The summed E-state index contributed by atoms with van der Waals surface area (Å²) in [5.74, 6) is 0.580. The van der Waals surface area contributed by atoms with Gasteiger partial charge < -0.3 is 0 Å². The molecular weight excluding hydrogens is 208 g/mol. The molecule has 0 aliphatic heterocycles. The highest BCUT2D eigenvalue weighted by molar-refractivity contribution is 5.90. The Morgan fingerprint density at radius 2 is 1.82 bits per heavy atom. The zero-order chi connectivity index (χ0) is 12.8. The van der Waals surface area contributed by atoms with Crippen molar-refractivity contribution in [1.82, 2.24) is 0 Å². The van der Waals surface area contributed by atoms with Crippen molar-refractivity contribution in [1.29, 1.82) is 0 Å². The van der Waals surface area contributed by atoms with Crippen LogP contribution in [0.1, 0.15) is 50.7 Å². The van der Waals surface area contributed by atoms with Crippen LogP contribution in [0.25, 0.3) is 0 Å². The lowest BCUT2D eigenvalue weighted by molar-refractivity contribution is -0.115. The van der Waals surface area contributed by atoms with Gasteiger partial charge in [0.2, 0.25) is 0 Å². The summed E-state index contributed by atoms with van der Waals surface area (Å²) in [4.78, 5) is 11.8. The summed E-state index contributed by atoms with van der Waals surface area (Å²) < 4.78 is 0. The van der Waals surface area contributed by atoms with Gasteiger partial charge in [-0.1, -0.05) is 42.3 Å². The first-order valence-electron chi connectivity index (χ1n) is 6.27. The minimum absolute atomic E-state index is 0.234. The Morgan fingerprint density at radius 1 is 1.24 bits per heavy atom. The fourth-order valence-electron chi connectivity index (χ4n) is 1.96. The van der Waals surface area contributed by atoms with Crippen molar-refractivity contribution in [3.63, 3.8) is 0 Å². The molecule has 0 amide bonds. The fraction of sp³-hybridized carbons (Fsp3) is 0.438. The monoisotopic (exact) mass is 230 g/mol. The second kappa shape index (κ2) is 6.39. The van der Waals surface area contributed by atoms with Gasteiger partial charge in [0.15, 0.2) is 5.78 Å². The van der Waals surface area contributed by atoms with Crippen LogP contribution >= 0.6 is 0 Å². The third kappa shape index (κ3) is 4.56. The maximum Gasteiger partial charge on any atom is 0.156 e. The Bertz CT molecular complexity index is 394. The number of carbonyl (C=O) groups excluding carboxylic acids is 1. The highest BCUT2D eigenvalue weighted by Crippen LogP contribution is 2.24. The average Bonchev–Trinajstić information content (AvgIpc) is 2.26. The third-order valence-corrected chi connectivity index (χ3v) is 2.94. The highest BCUT2D eigenvalue weighted by Gasteiger charge is 2.12. The Labute approximate surface area is 105 Å². The molecule has 92 valence electrons. The summed E-state index contributed by atoms with van der Waals surface area (Å²) in [7, 11) is 0. The van der Waals surface area contributed by atoms with E-state index in [1.54, 1.807) is 6.08 Å². The van der Waals surface area contributed by atoms with E-state index >= 15 is 0 Å². The largest absolute Gasteiger partial charge is 0.295 e. The van der Waals surface area contributed by atoms with E-state index in [4.69, 9.17) is 0 Å². The molecule has 1 aromatic rings. The van der Waals surface area contributed by atoms with E-state index in [0.29, 0.717) is 12.3 Å². The summed E-state index contributed by atoms with van der Waals surface area (Å²) in [5.41, 5.74) is 3.61. The highest BCUT2D eigenvalue weighted by atomic mass is 16.1. The van der Waals surface area contributed by atoms with Crippen LogP contribution in [0, 0.1) is 6.92 Å². The predicted molar refractivity (Wildman–Crippen MR) is 73.3 cm³/mol.